The minimum absolute atomic E-state index is 0.345. The Balaban J connectivity index is 1.52. The van der Waals surface area contributed by atoms with Gasteiger partial charge in [-0.25, -0.2) is 8.42 Å². The van der Waals surface area contributed by atoms with E-state index >= 15 is 0 Å². The Labute approximate surface area is 152 Å². The molecule has 0 radical (unpaired) electrons. The fourth-order valence-electron chi connectivity index (χ4n) is 3.89. The monoisotopic (exact) mass is 365 g/mol. The van der Waals surface area contributed by atoms with Crippen molar-refractivity contribution in [3.8, 4) is 0 Å². The summed E-state index contributed by atoms with van der Waals surface area (Å²) in [5, 5.41) is 0. The highest BCUT2D eigenvalue weighted by molar-refractivity contribution is 7.89. The van der Waals surface area contributed by atoms with Crippen LogP contribution in [-0.4, -0.2) is 74.9 Å². The van der Waals surface area contributed by atoms with E-state index in [9.17, 15) is 8.42 Å². The summed E-state index contributed by atoms with van der Waals surface area (Å²) >= 11 is 0. The van der Waals surface area contributed by atoms with E-state index in [0.29, 0.717) is 29.9 Å². The van der Waals surface area contributed by atoms with E-state index in [0.717, 1.165) is 18.7 Å². The van der Waals surface area contributed by atoms with E-state index in [-0.39, 0.29) is 0 Å². The molecule has 25 heavy (non-hydrogen) atoms. The van der Waals surface area contributed by atoms with Crippen LogP contribution in [-0.2, 0) is 10.0 Å². The van der Waals surface area contributed by atoms with Crippen LogP contribution in [0, 0.1) is 12.8 Å². The standard InChI is InChI=1S/C19H31N3O2S/c1-4-21-11-5-6-17(13-21)12-20(3)18-14-22(15-18)25(23,24)19-9-7-16(2)8-10-19/h7-10,17-18H,4-6,11-15H2,1-3H3. The maximum Gasteiger partial charge on any atom is 0.243 e. The van der Waals surface area contributed by atoms with Crippen molar-refractivity contribution in [3.05, 3.63) is 29.8 Å². The number of likely N-dealkylation sites (tertiary alicyclic amines) is 1. The van der Waals surface area contributed by atoms with E-state index in [1.807, 2.05) is 19.1 Å². The minimum atomic E-state index is -3.33. The highest BCUT2D eigenvalue weighted by Gasteiger charge is 2.39. The third kappa shape index (κ3) is 4.25. The maximum atomic E-state index is 12.7. The summed E-state index contributed by atoms with van der Waals surface area (Å²) in [5.41, 5.74) is 1.08. The number of nitrogens with zero attached hydrogens (tertiary/aromatic N) is 3. The molecule has 1 aromatic carbocycles. The molecule has 1 unspecified atom stereocenters. The molecule has 140 valence electrons. The molecule has 1 aromatic rings. The predicted molar refractivity (Wildman–Crippen MR) is 101 cm³/mol. The summed E-state index contributed by atoms with van der Waals surface area (Å²) in [6.07, 6.45) is 2.57. The molecule has 0 aromatic heterocycles. The lowest BCUT2D eigenvalue weighted by atomic mass is 9.96. The average molecular weight is 366 g/mol. The summed E-state index contributed by atoms with van der Waals surface area (Å²) in [6.45, 7) is 10.0. The number of benzene rings is 1. The predicted octanol–water partition coefficient (Wildman–Crippen LogP) is 2.03. The van der Waals surface area contributed by atoms with Gasteiger partial charge in [0.05, 0.1) is 4.90 Å². The molecule has 3 rings (SSSR count). The van der Waals surface area contributed by atoms with Gasteiger partial charge in [-0.15, -0.1) is 0 Å². The van der Waals surface area contributed by atoms with Crippen molar-refractivity contribution in [2.75, 3.05) is 46.3 Å². The van der Waals surface area contributed by atoms with Crippen LogP contribution in [0.25, 0.3) is 0 Å². The van der Waals surface area contributed by atoms with Crippen molar-refractivity contribution < 1.29 is 8.42 Å². The van der Waals surface area contributed by atoms with Gasteiger partial charge in [-0.2, -0.15) is 4.31 Å². The molecule has 1 atom stereocenters. The van der Waals surface area contributed by atoms with Gasteiger partial charge in [0.25, 0.3) is 0 Å². The fourth-order valence-corrected chi connectivity index (χ4v) is 5.41. The minimum Gasteiger partial charge on any atom is -0.303 e. The smallest absolute Gasteiger partial charge is 0.243 e. The first-order valence-electron chi connectivity index (χ1n) is 9.39. The highest BCUT2D eigenvalue weighted by atomic mass is 32.2. The molecule has 2 aliphatic heterocycles. The largest absolute Gasteiger partial charge is 0.303 e. The third-order valence-electron chi connectivity index (χ3n) is 5.71. The van der Waals surface area contributed by atoms with E-state index in [2.05, 4.69) is 23.8 Å². The molecule has 2 saturated heterocycles. The SMILES string of the molecule is CCN1CCCC(CN(C)C2CN(S(=O)(=O)c3ccc(C)cc3)C2)C1. The molecule has 5 nitrogen and oxygen atoms in total. The van der Waals surface area contributed by atoms with Gasteiger partial charge < -0.3 is 9.80 Å². The van der Waals surface area contributed by atoms with Gasteiger partial charge in [0.1, 0.15) is 0 Å². The first-order valence-corrected chi connectivity index (χ1v) is 10.8. The van der Waals surface area contributed by atoms with Crippen LogP contribution in [0.2, 0.25) is 0 Å². The Morgan fingerprint density at radius 3 is 2.48 bits per heavy atom. The number of piperidine rings is 1. The Hall–Kier alpha value is -0.950. The zero-order valence-corrected chi connectivity index (χ0v) is 16.5. The van der Waals surface area contributed by atoms with Gasteiger partial charge in [-0.1, -0.05) is 24.6 Å². The third-order valence-corrected chi connectivity index (χ3v) is 7.55. The van der Waals surface area contributed by atoms with Crippen LogP contribution in [0.1, 0.15) is 25.3 Å². The number of hydrogen-bond donors (Lipinski definition) is 0. The van der Waals surface area contributed by atoms with Gasteiger partial charge in [0.2, 0.25) is 10.0 Å². The Morgan fingerprint density at radius 1 is 1.16 bits per heavy atom. The lowest BCUT2D eigenvalue weighted by Gasteiger charge is -2.44. The van der Waals surface area contributed by atoms with Crippen LogP contribution < -0.4 is 0 Å². The van der Waals surface area contributed by atoms with Crippen molar-refractivity contribution in [3.63, 3.8) is 0 Å². The molecular formula is C19H31N3O2S. The molecule has 0 amide bonds. The van der Waals surface area contributed by atoms with Crippen LogP contribution >= 0.6 is 0 Å². The van der Waals surface area contributed by atoms with Crippen molar-refractivity contribution >= 4 is 10.0 Å². The normalized spacial score (nSPS) is 23.8. The Bertz CT molecular complexity index is 668. The molecule has 2 heterocycles. The second kappa shape index (κ2) is 7.74. The number of sulfonamides is 1. The summed E-state index contributed by atoms with van der Waals surface area (Å²) in [6, 6.07) is 7.49. The van der Waals surface area contributed by atoms with Gasteiger partial charge in [0, 0.05) is 32.2 Å². The van der Waals surface area contributed by atoms with Crippen LogP contribution in [0.5, 0.6) is 0 Å². The molecule has 0 spiro atoms. The van der Waals surface area contributed by atoms with E-state index in [1.54, 1.807) is 16.4 Å². The molecule has 0 saturated carbocycles. The summed E-state index contributed by atoms with van der Waals surface area (Å²) in [7, 11) is -1.19. The van der Waals surface area contributed by atoms with Gasteiger partial charge in [-0.3, -0.25) is 0 Å². The second-order valence-corrected chi connectivity index (χ2v) is 9.57. The van der Waals surface area contributed by atoms with Crippen molar-refractivity contribution in [2.24, 2.45) is 5.92 Å². The van der Waals surface area contributed by atoms with Crippen molar-refractivity contribution in [2.45, 2.75) is 37.6 Å². The number of likely N-dealkylation sites (N-methyl/N-ethyl adjacent to an activating group) is 1. The van der Waals surface area contributed by atoms with Gasteiger partial charge >= 0.3 is 0 Å². The summed E-state index contributed by atoms with van der Waals surface area (Å²) in [5.74, 6) is 0.710. The van der Waals surface area contributed by atoms with Crippen molar-refractivity contribution in [1.29, 1.82) is 0 Å². The van der Waals surface area contributed by atoms with Crippen LogP contribution in [0.4, 0.5) is 0 Å². The van der Waals surface area contributed by atoms with Crippen molar-refractivity contribution in [1.82, 2.24) is 14.1 Å². The molecular weight excluding hydrogens is 334 g/mol. The van der Waals surface area contributed by atoms with Gasteiger partial charge in [0.15, 0.2) is 0 Å². The Morgan fingerprint density at radius 2 is 1.84 bits per heavy atom. The van der Waals surface area contributed by atoms with Crippen LogP contribution in [0.15, 0.2) is 29.2 Å². The molecule has 2 aliphatic rings. The molecule has 0 aliphatic carbocycles. The summed E-state index contributed by atoms with van der Waals surface area (Å²) in [4.78, 5) is 5.30. The highest BCUT2D eigenvalue weighted by Crippen LogP contribution is 2.25. The lowest BCUT2D eigenvalue weighted by molar-refractivity contribution is 0.0754. The van der Waals surface area contributed by atoms with E-state index in [4.69, 9.17) is 0 Å². The first kappa shape index (κ1) is 18.8. The first-order chi connectivity index (χ1) is 11.9. The number of aryl methyl sites for hydroxylation is 1. The molecule has 2 fully saturated rings. The number of rotatable bonds is 6. The molecule has 0 bridgehead atoms. The topological polar surface area (TPSA) is 43.9 Å². The molecule has 6 heteroatoms. The maximum absolute atomic E-state index is 12.7. The van der Waals surface area contributed by atoms with Crippen LogP contribution in [0.3, 0.4) is 0 Å². The zero-order chi connectivity index (χ0) is 18.0. The van der Waals surface area contributed by atoms with E-state index < -0.39 is 10.0 Å². The second-order valence-electron chi connectivity index (χ2n) is 7.63. The van der Waals surface area contributed by atoms with E-state index in [1.165, 1.54) is 25.9 Å². The lowest BCUT2D eigenvalue weighted by Crippen LogP contribution is -2.60. The average Bonchev–Trinajstić information content (AvgIpc) is 2.53. The summed E-state index contributed by atoms with van der Waals surface area (Å²) < 4.78 is 26.9. The zero-order valence-electron chi connectivity index (χ0n) is 15.7. The quantitative estimate of drug-likeness (QED) is 0.774. The number of hydrogen-bond acceptors (Lipinski definition) is 4. The van der Waals surface area contributed by atoms with Gasteiger partial charge in [-0.05, 0) is 58.0 Å². The fraction of sp³-hybridized carbons (Fsp3) is 0.684. The molecule has 0 N–H and O–H groups in total. The Kier molecular flexibility index (Phi) is 5.83.